The predicted molar refractivity (Wildman–Crippen MR) is 105 cm³/mol. The number of hydrogen-bond donors (Lipinski definition) is 1. The van der Waals surface area contributed by atoms with Crippen molar-refractivity contribution in [2.24, 2.45) is 0 Å². The number of esters is 1. The number of ether oxygens (including phenoxy) is 1. The fraction of sp³-hybridized carbons (Fsp3) is 0.158. The Kier molecular flexibility index (Phi) is 5.81. The van der Waals surface area contributed by atoms with Gasteiger partial charge < -0.3 is 10.1 Å². The molecule has 0 radical (unpaired) electrons. The summed E-state index contributed by atoms with van der Waals surface area (Å²) in [6, 6.07) is 14.4. The normalized spacial score (nSPS) is 12.0. The van der Waals surface area contributed by atoms with Gasteiger partial charge in [-0.2, -0.15) is 0 Å². The van der Waals surface area contributed by atoms with Crippen molar-refractivity contribution in [3.05, 3.63) is 69.0 Å². The summed E-state index contributed by atoms with van der Waals surface area (Å²) in [6.07, 6.45) is 0. The second-order valence-corrected chi connectivity index (χ2v) is 7.47. The van der Waals surface area contributed by atoms with Gasteiger partial charge in [0.05, 0.1) is 11.1 Å². The third kappa shape index (κ3) is 4.01. The molecule has 2 aromatic carbocycles. The van der Waals surface area contributed by atoms with Crippen LogP contribution >= 0.6 is 34.5 Å². The van der Waals surface area contributed by atoms with Crippen molar-refractivity contribution in [3.8, 4) is 0 Å². The van der Waals surface area contributed by atoms with E-state index >= 15 is 0 Å². The number of hydrogen-bond acceptors (Lipinski definition) is 4. The number of nitrogens with one attached hydrogen (secondary N) is 1. The van der Waals surface area contributed by atoms with Crippen LogP contribution in [-0.2, 0) is 9.53 Å². The van der Waals surface area contributed by atoms with E-state index in [-0.39, 0.29) is 6.04 Å². The lowest BCUT2D eigenvalue weighted by molar-refractivity contribution is -0.124. The van der Waals surface area contributed by atoms with Crippen molar-refractivity contribution in [1.29, 1.82) is 0 Å². The summed E-state index contributed by atoms with van der Waals surface area (Å²) >= 11 is 13.6. The molecule has 3 aromatic rings. The largest absolute Gasteiger partial charge is 0.451 e. The van der Waals surface area contributed by atoms with Crippen LogP contribution in [0.2, 0.25) is 10.0 Å². The summed E-state index contributed by atoms with van der Waals surface area (Å²) in [5.41, 5.74) is 0.793. The predicted octanol–water partition coefficient (Wildman–Crippen LogP) is 5.24. The second-order valence-electron chi connectivity index (χ2n) is 5.63. The Labute approximate surface area is 164 Å². The number of carbonyl (C=O) groups excluding carboxylic acids is 2. The summed E-state index contributed by atoms with van der Waals surface area (Å²) in [4.78, 5) is 24.6. The van der Waals surface area contributed by atoms with Crippen LogP contribution in [0, 0.1) is 0 Å². The first kappa shape index (κ1) is 18.7. The van der Waals surface area contributed by atoms with Gasteiger partial charge in [-0.3, -0.25) is 4.79 Å². The van der Waals surface area contributed by atoms with Gasteiger partial charge in [0.1, 0.15) is 4.88 Å². The van der Waals surface area contributed by atoms with E-state index in [1.807, 2.05) is 49.4 Å². The Morgan fingerprint density at radius 3 is 2.54 bits per heavy atom. The van der Waals surface area contributed by atoms with Crippen molar-refractivity contribution >= 4 is 56.5 Å². The molecule has 3 rings (SSSR count). The Balaban J connectivity index is 1.61. The zero-order chi connectivity index (χ0) is 18.7. The molecule has 0 bridgehead atoms. The molecule has 0 fully saturated rings. The Hall–Kier alpha value is -2.08. The molecule has 0 saturated carbocycles. The summed E-state index contributed by atoms with van der Waals surface area (Å²) in [6.45, 7) is 1.42. The molecule has 0 aliphatic heterocycles. The van der Waals surface area contributed by atoms with Crippen molar-refractivity contribution < 1.29 is 14.3 Å². The van der Waals surface area contributed by atoms with Crippen LogP contribution in [0.4, 0.5) is 0 Å². The highest BCUT2D eigenvalue weighted by atomic mass is 35.5. The minimum Gasteiger partial charge on any atom is -0.451 e. The average molecular weight is 408 g/mol. The average Bonchev–Trinajstić information content (AvgIpc) is 2.97. The SMILES string of the molecule is C[C@H](NC(=O)COC(=O)c1sc2ccccc2c1Cl)c1ccccc1Cl. The van der Waals surface area contributed by atoms with Crippen LogP contribution in [0.25, 0.3) is 10.1 Å². The number of benzene rings is 2. The summed E-state index contributed by atoms with van der Waals surface area (Å²) < 4.78 is 6.00. The molecule has 26 heavy (non-hydrogen) atoms. The maximum absolute atomic E-state index is 12.3. The van der Waals surface area contributed by atoms with Crippen molar-refractivity contribution in [2.75, 3.05) is 6.61 Å². The fourth-order valence-electron chi connectivity index (χ4n) is 2.53. The van der Waals surface area contributed by atoms with E-state index in [0.717, 1.165) is 15.6 Å². The summed E-state index contributed by atoms with van der Waals surface area (Å²) in [7, 11) is 0. The summed E-state index contributed by atoms with van der Waals surface area (Å²) in [5.74, 6) is -1.03. The number of halogens is 2. The lowest BCUT2D eigenvalue weighted by Gasteiger charge is -2.15. The number of carbonyl (C=O) groups is 2. The maximum Gasteiger partial charge on any atom is 0.350 e. The quantitative estimate of drug-likeness (QED) is 0.588. The van der Waals surface area contributed by atoms with Gasteiger partial charge in [-0.05, 0) is 24.6 Å². The lowest BCUT2D eigenvalue weighted by atomic mass is 10.1. The molecule has 0 spiro atoms. The van der Waals surface area contributed by atoms with Gasteiger partial charge in [-0.1, -0.05) is 59.6 Å². The van der Waals surface area contributed by atoms with E-state index in [0.29, 0.717) is 14.9 Å². The van der Waals surface area contributed by atoms with Gasteiger partial charge in [0, 0.05) is 15.1 Å². The van der Waals surface area contributed by atoms with E-state index in [2.05, 4.69) is 5.32 Å². The van der Waals surface area contributed by atoms with Crippen LogP contribution < -0.4 is 5.32 Å². The molecule has 0 aliphatic carbocycles. The monoisotopic (exact) mass is 407 g/mol. The van der Waals surface area contributed by atoms with Crippen LogP contribution in [-0.4, -0.2) is 18.5 Å². The first-order valence-corrected chi connectivity index (χ1v) is 9.42. The number of rotatable bonds is 5. The molecular weight excluding hydrogens is 393 g/mol. The zero-order valence-corrected chi connectivity index (χ0v) is 16.1. The molecule has 1 amide bonds. The minimum absolute atomic E-state index is 0.291. The molecule has 1 N–H and O–H groups in total. The van der Waals surface area contributed by atoms with E-state index < -0.39 is 18.5 Å². The number of thiophene rings is 1. The third-order valence-corrected chi connectivity index (χ3v) is 5.80. The molecule has 1 atom stereocenters. The van der Waals surface area contributed by atoms with Crippen molar-refractivity contribution in [3.63, 3.8) is 0 Å². The Morgan fingerprint density at radius 2 is 1.81 bits per heavy atom. The van der Waals surface area contributed by atoms with Gasteiger partial charge in [0.25, 0.3) is 5.91 Å². The molecule has 1 aromatic heterocycles. The molecule has 7 heteroatoms. The highest BCUT2D eigenvalue weighted by molar-refractivity contribution is 7.21. The van der Waals surface area contributed by atoms with Gasteiger partial charge in [-0.15, -0.1) is 11.3 Å². The lowest BCUT2D eigenvalue weighted by Crippen LogP contribution is -2.31. The van der Waals surface area contributed by atoms with Gasteiger partial charge in [0.15, 0.2) is 6.61 Å². The maximum atomic E-state index is 12.3. The smallest absolute Gasteiger partial charge is 0.350 e. The Morgan fingerprint density at radius 1 is 1.12 bits per heavy atom. The van der Waals surface area contributed by atoms with Crippen molar-refractivity contribution in [1.82, 2.24) is 5.32 Å². The molecule has 0 unspecified atom stereocenters. The molecule has 0 aliphatic rings. The number of amides is 1. The number of fused-ring (bicyclic) bond motifs is 1. The van der Waals surface area contributed by atoms with Crippen LogP contribution in [0.5, 0.6) is 0 Å². The first-order valence-electron chi connectivity index (χ1n) is 7.85. The topological polar surface area (TPSA) is 55.4 Å². The first-order chi connectivity index (χ1) is 12.5. The summed E-state index contributed by atoms with van der Waals surface area (Å²) in [5, 5.41) is 4.46. The standard InChI is InChI=1S/C19H15Cl2NO3S/c1-11(12-6-2-4-8-14(12)20)22-16(23)10-25-19(24)18-17(21)13-7-3-5-9-15(13)26-18/h2-9,11H,10H2,1H3,(H,22,23)/t11-/m0/s1. The molecular formula is C19H15Cl2NO3S. The van der Waals surface area contributed by atoms with Crippen LogP contribution in [0.15, 0.2) is 48.5 Å². The Bertz CT molecular complexity index is 970. The minimum atomic E-state index is -0.614. The van der Waals surface area contributed by atoms with E-state index in [1.165, 1.54) is 11.3 Å². The second kappa shape index (κ2) is 8.08. The fourth-order valence-corrected chi connectivity index (χ4v) is 4.23. The van der Waals surface area contributed by atoms with Crippen LogP contribution in [0.1, 0.15) is 28.2 Å². The van der Waals surface area contributed by atoms with Gasteiger partial charge in [0.2, 0.25) is 0 Å². The highest BCUT2D eigenvalue weighted by Gasteiger charge is 2.20. The van der Waals surface area contributed by atoms with E-state index in [1.54, 1.807) is 6.07 Å². The molecule has 134 valence electrons. The molecule has 1 heterocycles. The molecule has 0 saturated heterocycles. The highest BCUT2D eigenvalue weighted by Crippen LogP contribution is 2.35. The van der Waals surface area contributed by atoms with Gasteiger partial charge >= 0.3 is 5.97 Å². The molecule has 4 nitrogen and oxygen atoms in total. The van der Waals surface area contributed by atoms with E-state index in [4.69, 9.17) is 27.9 Å². The van der Waals surface area contributed by atoms with Crippen LogP contribution in [0.3, 0.4) is 0 Å². The zero-order valence-electron chi connectivity index (χ0n) is 13.8. The van der Waals surface area contributed by atoms with E-state index in [9.17, 15) is 9.59 Å². The third-order valence-electron chi connectivity index (χ3n) is 3.80. The van der Waals surface area contributed by atoms with Gasteiger partial charge in [-0.25, -0.2) is 4.79 Å². The van der Waals surface area contributed by atoms with Crippen molar-refractivity contribution in [2.45, 2.75) is 13.0 Å².